The molecule has 1 rings (SSSR count). The minimum absolute atomic E-state index is 0.282. The molecule has 88 valence electrons. The first-order valence-corrected chi connectivity index (χ1v) is 5.07. The van der Waals surface area contributed by atoms with Gasteiger partial charge in [0, 0.05) is 12.3 Å². The second kappa shape index (κ2) is 4.90. The average Bonchev–Trinajstić information content (AvgIpc) is 2.13. The number of carbonyl (C=O) groups is 1. The van der Waals surface area contributed by atoms with Crippen LogP contribution >= 0.6 is 34.8 Å². The van der Waals surface area contributed by atoms with Crippen LogP contribution in [-0.4, -0.2) is 19.8 Å². The van der Waals surface area contributed by atoms with Crippen LogP contribution < -0.4 is 16.6 Å². The minimum Gasteiger partial charge on any atom is -0.334 e. The molecule has 0 bridgehead atoms. The van der Waals surface area contributed by atoms with Gasteiger partial charge in [-0.3, -0.25) is 19.1 Å². The molecule has 1 atom stereocenters. The molecule has 0 aliphatic rings. The largest absolute Gasteiger partial charge is 0.334 e. The van der Waals surface area contributed by atoms with E-state index in [4.69, 9.17) is 34.8 Å². The van der Waals surface area contributed by atoms with E-state index in [1.807, 2.05) is 4.98 Å². The van der Waals surface area contributed by atoms with Gasteiger partial charge in [0.25, 0.3) is 5.56 Å². The van der Waals surface area contributed by atoms with Crippen molar-refractivity contribution in [3.8, 4) is 0 Å². The summed E-state index contributed by atoms with van der Waals surface area (Å²) in [4.78, 5) is 34.5. The van der Waals surface area contributed by atoms with Crippen LogP contribution in [0.5, 0.6) is 0 Å². The monoisotopic (exact) mass is 285 g/mol. The number of nitrogens with zero attached hydrogens (tertiary/aromatic N) is 1. The van der Waals surface area contributed by atoms with Crippen molar-refractivity contribution in [3.05, 3.63) is 33.1 Å². The van der Waals surface area contributed by atoms with Gasteiger partial charge in [-0.25, -0.2) is 4.79 Å². The van der Waals surface area contributed by atoms with Crippen LogP contribution in [-0.2, 0) is 4.79 Å². The van der Waals surface area contributed by atoms with E-state index in [9.17, 15) is 14.4 Å². The van der Waals surface area contributed by atoms with Crippen molar-refractivity contribution in [2.45, 2.75) is 9.96 Å². The lowest BCUT2D eigenvalue weighted by atomic mass is 10.5. The smallest absolute Gasteiger partial charge is 0.330 e. The zero-order valence-electron chi connectivity index (χ0n) is 7.62. The first-order valence-electron chi connectivity index (χ1n) is 3.94. The Labute approximate surface area is 104 Å². The van der Waals surface area contributed by atoms with E-state index < -0.39 is 21.2 Å². The van der Waals surface area contributed by atoms with Gasteiger partial charge in [-0.15, -0.1) is 0 Å². The Morgan fingerprint density at radius 1 is 1.44 bits per heavy atom. The predicted molar refractivity (Wildman–Crippen MR) is 59.8 cm³/mol. The molecule has 9 heteroatoms. The van der Waals surface area contributed by atoms with Gasteiger partial charge >= 0.3 is 5.69 Å². The summed E-state index contributed by atoms with van der Waals surface area (Å²) in [5.74, 6) is 0. The molecule has 1 heterocycles. The van der Waals surface area contributed by atoms with Gasteiger partial charge in [0.2, 0.25) is 10.2 Å². The highest BCUT2D eigenvalue weighted by Crippen LogP contribution is 2.35. The lowest BCUT2D eigenvalue weighted by molar-refractivity contribution is -0.110. The molecule has 0 unspecified atom stereocenters. The number of carbonyl (C=O) groups excluding carboxylic acids is 1. The van der Waals surface area contributed by atoms with E-state index in [1.54, 1.807) is 0 Å². The Morgan fingerprint density at radius 3 is 2.50 bits per heavy atom. The molecule has 0 aliphatic carbocycles. The third-order valence-electron chi connectivity index (χ3n) is 1.67. The second-order valence-electron chi connectivity index (χ2n) is 2.75. The van der Waals surface area contributed by atoms with Crippen LogP contribution in [0.25, 0.3) is 0 Å². The molecule has 0 fully saturated rings. The Morgan fingerprint density at radius 2 is 2.06 bits per heavy atom. The molecule has 1 amide bonds. The van der Waals surface area contributed by atoms with E-state index in [1.165, 1.54) is 0 Å². The summed E-state index contributed by atoms with van der Waals surface area (Å²) in [6.45, 7) is 0. The topological polar surface area (TPSA) is 84.0 Å². The van der Waals surface area contributed by atoms with Gasteiger partial charge < -0.3 is 5.32 Å². The molecular formula is C7H6Cl3N3O3. The van der Waals surface area contributed by atoms with Gasteiger partial charge in [-0.05, 0) is 0 Å². The Balaban J connectivity index is 3.27. The fourth-order valence-electron chi connectivity index (χ4n) is 1.03. The number of H-pyrrole nitrogens is 1. The summed E-state index contributed by atoms with van der Waals surface area (Å²) in [5.41, 5.74) is -1.38. The SMILES string of the molecule is O=CN[C@H](n1ccc(=O)[nH]c1=O)C(Cl)(Cl)Cl. The van der Waals surface area contributed by atoms with Crippen LogP contribution in [0.15, 0.2) is 21.9 Å². The molecule has 0 aliphatic heterocycles. The van der Waals surface area contributed by atoms with Crippen molar-refractivity contribution in [3.63, 3.8) is 0 Å². The summed E-state index contributed by atoms with van der Waals surface area (Å²) >= 11 is 16.7. The summed E-state index contributed by atoms with van der Waals surface area (Å²) < 4.78 is -1.04. The van der Waals surface area contributed by atoms with Crippen LogP contribution in [0.2, 0.25) is 0 Å². The van der Waals surface area contributed by atoms with E-state index in [-0.39, 0.29) is 6.41 Å². The number of aromatic amines is 1. The standard InChI is InChI=1S/C7H6Cl3N3O3/c8-7(9,10)5(11-3-14)13-2-1-4(15)12-6(13)16/h1-3,5H,(H,11,14)(H,12,15,16)/t5-/m1/s1. The normalized spacial score (nSPS) is 13.2. The lowest BCUT2D eigenvalue weighted by Crippen LogP contribution is -2.43. The Bertz CT molecular complexity index is 490. The molecule has 0 spiro atoms. The molecule has 1 aromatic heterocycles. The number of alkyl halides is 3. The highest BCUT2D eigenvalue weighted by atomic mass is 35.6. The minimum atomic E-state index is -1.93. The van der Waals surface area contributed by atoms with Crippen molar-refractivity contribution in [1.82, 2.24) is 14.9 Å². The molecule has 0 aromatic carbocycles. The molecule has 0 radical (unpaired) electrons. The summed E-state index contributed by atoms with van der Waals surface area (Å²) in [7, 11) is 0. The fourth-order valence-corrected chi connectivity index (χ4v) is 1.53. The second-order valence-corrected chi connectivity index (χ2v) is 5.12. The van der Waals surface area contributed by atoms with Crippen LogP contribution in [0.1, 0.15) is 6.17 Å². The molecule has 2 N–H and O–H groups in total. The van der Waals surface area contributed by atoms with Crippen LogP contribution in [0.3, 0.4) is 0 Å². The van der Waals surface area contributed by atoms with E-state index in [0.717, 1.165) is 16.8 Å². The Kier molecular flexibility index (Phi) is 4.01. The number of hydrogen-bond acceptors (Lipinski definition) is 3. The van der Waals surface area contributed by atoms with Crippen LogP contribution in [0.4, 0.5) is 0 Å². The van der Waals surface area contributed by atoms with Gasteiger partial charge in [0.1, 0.15) is 0 Å². The van der Waals surface area contributed by atoms with Gasteiger partial charge in [-0.1, -0.05) is 34.8 Å². The molecule has 0 saturated carbocycles. The molecular weight excluding hydrogens is 280 g/mol. The molecule has 6 nitrogen and oxygen atoms in total. The van der Waals surface area contributed by atoms with E-state index in [2.05, 4.69) is 5.32 Å². The van der Waals surface area contributed by atoms with Crippen molar-refractivity contribution in [2.75, 3.05) is 0 Å². The quantitative estimate of drug-likeness (QED) is 0.613. The van der Waals surface area contributed by atoms with Crippen molar-refractivity contribution < 1.29 is 4.79 Å². The van der Waals surface area contributed by atoms with Gasteiger partial charge in [0.05, 0.1) is 0 Å². The van der Waals surface area contributed by atoms with E-state index in [0.29, 0.717) is 0 Å². The first-order chi connectivity index (χ1) is 7.36. The highest BCUT2D eigenvalue weighted by Gasteiger charge is 2.34. The highest BCUT2D eigenvalue weighted by molar-refractivity contribution is 6.67. The third kappa shape index (κ3) is 3.01. The number of rotatable bonds is 3. The third-order valence-corrected chi connectivity index (χ3v) is 2.29. The lowest BCUT2D eigenvalue weighted by Gasteiger charge is -2.24. The molecule has 16 heavy (non-hydrogen) atoms. The maximum atomic E-state index is 11.4. The Hall–Kier alpha value is -0.980. The molecule has 1 aromatic rings. The summed E-state index contributed by atoms with van der Waals surface area (Å²) in [5, 5.41) is 2.16. The zero-order valence-corrected chi connectivity index (χ0v) is 9.88. The van der Waals surface area contributed by atoms with Crippen molar-refractivity contribution >= 4 is 41.2 Å². The van der Waals surface area contributed by atoms with Crippen molar-refractivity contribution in [2.24, 2.45) is 0 Å². The predicted octanol–water partition coefficient (Wildman–Crippen LogP) is 0.151. The van der Waals surface area contributed by atoms with Gasteiger partial charge in [0.15, 0.2) is 6.17 Å². The average molecular weight is 287 g/mol. The van der Waals surface area contributed by atoms with Gasteiger partial charge in [-0.2, -0.15) is 0 Å². The maximum absolute atomic E-state index is 11.4. The maximum Gasteiger partial charge on any atom is 0.330 e. The fraction of sp³-hybridized carbons (Fsp3) is 0.286. The number of hydrogen-bond donors (Lipinski definition) is 2. The number of nitrogens with one attached hydrogen (secondary N) is 2. The zero-order chi connectivity index (χ0) is 12.3. The number of amides is 1. The van der Waals surface area contributed by atoms with Crippen molar-refractivity contribution in [1.29, 1.82) is 0 Å². The first kappa shape index (κ1) is 13.1. The summed E-state index contributed by atoms with van der Waals surface area (Å²) in [6, 6.07) is 1.07. The number of aromatic nitrogens is 2. The van der Waals surface area contributed by atoms with E-state index >= 15 is 0 Å². The van der Waals surface area contributed by atoms with Crippen LogP contribution in [0, 0.1) is 0 Å². The summed E-state index contributed by atoms with van der Waals surface area (Å²) in [6.07, 6.45) is 0.188. The number of halogens is 3. The molecule has 0 saturated heterocycles.